The molecule has 0 bridgehead atoms. The van der Waals surface area contributed by atoms with Crippen LogP contribution in [-0.4, -0.2) is 16.8 Å². The lowest BCUT2D eigenvalue weighted by atomic mass is 9.88. The van der Waals surface area contributed by atoms with E-state index in [1.54, 1.807) is 72.8 Å². The van der Waals surface area contributed by atoms with Crippen molar-refractivity contribution in [2.75, 3.05) is 4.90 Å². The Morgan fingerprint density at radius 1 is 0.931 bits per heavy atom. The fraction of sp³-hybridized carbons (Fsp3) is 0.130. The summed E-state index contributed by atoms with van der Waals surface area (Å²) in [6.07, 6.45) is -0.329. The molecule has 0 saturated heterocycles. The van der Waals surface area contributed by atoms with Crippen LogP contribution in [0.2, 0.25) is 10.0 Å². The van der Waals surface area contributed by atoms with E-state index in [-0.39, 0.29) is 18.7 Å². The molecule has 0 fully saturated rings. The molecule has 0 aromatic heterocycles. The summed E-state index contributed by atoms with van der Waals surface area (Å²) < 4.78 is 0. The number of anilines is 1. The molecule has 0 radical (unpaired) electrons. The van der Waals surface area contributed by atoms with Crippen molar-refractivity contribution in [3.05, 3.63) is 99.5 Å². The molecule has 1 N–H and O–H groups in total. The summed E-state index contributed by atoms with van der Waals surface area (Å²) in [5.41, 5.74) is 0.302. The number of Topliss-reactive ketones (excluding diaryl/α,β-unsaturated/α-hetero) is 1. The zero-order valence-electron chi connectivity index (χ0n) is 15.3. The van der Waals surface area contributed by atoms with E-state index in [1.165, 1.54) is 4.90 Å². The van der Waals surface area contributed by atoms with E-state index in [0.29, 0.717) is 26.9 Å². The summed E-state index contributed by atoms with van der Waals surface area (Å²) in [5.74, 6) is -0.832. The molecule has 29 heavy (non-hydrogen) atoms. The SMILES string of the molecule is O=C(C[C@]1(O)C(=O)N(Cc2ccc(Cl)c(Cl)c2)c2ccccc21)c1ccccc1. The number of nitrogens with zero attached hydrogens (tertiary/aromatic N) is 1. The topological polar surface area (TPSA) is 57.6 Å². The zero-order valence-corrected chi connectivity index (χ0v) is 16.8. The first-order valence-electron chi connectivity index (χ1n) is 9.06. The van der Waals surface area contributed by atoms with Crippen molar-refractivity contribution in [1.82, 2.24) is 0 Å². The summed E-state index contributed by atoms with van der Waals surface area (Å²) in [6, 6.07) is 20.7. The van der Waals surface area contributed by atoms with Crippen LogP contribution in [0, 0.1) is 0 Å². The van der Waals surface area contributed by atoms with Gasteiger partial charge in [-0.05, 0) is 23.8 Å². The summed E-state index contributed by atoms with van der Waals surface area (Å²) in [4.78, 5) is 27.5. The predicted octanol–water partition coefficient (Wildman–Crippen LogP) is 5.00. The maximum absolute atomic E-state index is 13.3. The van der Waals surface area contributed by atoms with E-state index in [2.05, 4.69) is 0 Å². The first-order chi connectivity index (χ1) is 13.9. The Bertz CT molecular complexity index is 1100. The second-order valence-electron chi connectivity index (χ2n) is 6.98. The van der Waals surface area contributed by atoms with Crippen molar-refractivity contribution in [1.29, 1.82) is 0 Å². The number of carbonyl (C=O) groups is 2. The summed E-state index contributed by atoms with van der Waals surface area (Å²) in [6.45, 7) is 0.203. The van der Waals surface area contributed by atoms with Gasteiger partial charge in [-0.15, -0.1) is 0 Å². The molecular weight excluding hydrogens is 409 g/mol. The van der Waals surface area contributed by atoms with Gasteiger partial charge in [0.2, 0.25) is 0 Å². The van der Waals surface area contributed by atoms with Crippen LogP contribution < -0.4 is 4.90 Å². The Morgan fingerprint density at radius 2 is 1.62 bits per heavy atom. The third kappa shape index (κ3) is 3.55. The van der Waals surface area contributed by atoms with Crippen LogP contribution in [-0.2, 0) is 16.9 Å². The average Bonchev–Trinajstić information content (AvgIpc) is 2.93. The monoisotopic (exact) mass is 425 g/mol. The summed E-state index contributed by atoms with van der Waals surface area (Å²) >= 11 is 12.1. The standard InChI is InChI=1S/C23H17Cl2NO3/c24-18-11-10-15(12-19(18)25)14-26-20-9-5-4-8-17(20)23(29,22(26)28)13-21(27)16-6-2-1-3-7-16/h1-12,29H,13-14H2/t23-/m1/s1. The number of aliphatic hydroxyl groups is 1. The second kappa shape index (κ2) is 7.64. The van der Waals surface area contributed by atoms with Crippen molar-refractivity contribution in [3.63, 3.8) is 0 Å². The Kier molecular flexibility index (Phi) is 5.17. The largest absolute Gasteiger partial charge is 0.375 e. The van der Waals surface area contributed by atoms with E-state index in [4.69, 9.17) is 23.2 Å². The van der Waals surface area contributed by atoms with E-state index in [9.17, 15) is 14.7 Å². The van der Waals surface area contributed by atoms with Gasteiger partial charge in [0.1, 0.15) is 0 Å². The van der Waals surface area contributed by atoms with Gasteiger partial charge in [-0.1, -0.05) is 77.8 Å². The highest BCUT2D eigenvalue weighted by Gasteiger charge is 2.50. The van der Waals surface area contributed by atoms with Crippen LogP contribution in [0.15, 0.2) is 72.8 Å². The number of hydrogen-bond acceptors (Lipinski definition) is 3. The second-order valence-corrected chi connectivity index (χ2v) is 7.80. The number of para-hydroxylation sites is 1. The molecule has 1 aliphatic heterocycles. The molecule has 0 aliphatic carbocycles. The third-order valence-corrected chi connectivity index (χ3v) is 5.82. The van der Waals surface area contributed by atoms with Crippen LogP contribution in [0.1, 0.15) is 27.9 Å². The first-order valence-corrected chi connectivity index (χ1v) is 9.82. The molecule has 0 unspecified atom stereocenters. The van der Waals surface area contributed by atoms with Gasteiger partial charge < -0.3 is 10.0 Å². The fourth-order valence-electron chi connectivity index (χ4n) is 3.61. The molecule has 3 aromatic rings. The minimum atomic E-state index is -1.92. The van der Waals surface area contributed by atoms with Gasteiger partial charge in [-0.3, -0.25) is 9.59 Å². The van der Waals surface area contributed by atoms with E-state index in [1.807, 2.05) is 0 Å². The zero-order chi connectivity index (χ0) is 20.6. The molecule has 3 aromatic carbocycles. The number of hydrogen-bond donors (Lipinski definition) is 1. The van der Waals surface area contributed by atoms with Gasteiger partial charge in [0.15, 0.2) is 11.4 Å². The molecule has 0 spiro atoms. The lowest BCUT2D eigenvalue weighted by Crippen LogP contribution is -2.41. The number of halogens is 2. The molecule has 1 aliphatic rings. The average molecular weight is 426 g/mol. The van der Waals surface area contributed by atoms with Crippen LogP contribution in [0.3, 0.4) is 0 Å². The van der Waals surface area contributed by atoms with Crippen molar-refractivity contribution < 1.29 is 14.7 Å². The maximum atomic E-state index is 13.3. The van der Waals surface area contributed by atoms with Crippen molar-refractivity contribution in [2.45, 2.75) is 18.6 Å². The Morgan fingerprint density at radius 3 is 2.34 bits per heavy atom. The van der Waals surface area contributed by atoms with Crippen LogP contribution in [0.25, 0.3) is 0 Å². The fourth-order valence-corrected chi connectivity index (χ4v) is 3.93. The Hall–Kier alpha value is -2.66. The summed E-state index contributed by atoms with van der Waals surface area (Å²) in [7, 11) is 0. The molecule has 1 amide bonds. The third-order valence-electron chi connectivity index (χ3n) is 5.08. The highest BCUT2D eigenvalue weighted by Crippen LogP contribution is 2.43. The van der Waals surface area contributed by atoms with E-state index >= 15 is 0 Å². The van der Waals surface area contributed by atoms with Crippen LogP contribution >= 0.6 is 23.2 Å². The smallest absolute Gasteiger partial charge is 0.264 e. The Labute approximate surface area is 178 Å². The molecule has 4 nitrogen and oxygen atoms in total. The van der Waals surface area contributed by atoms with Crippen molar-refractivity contribution in [3.8, 4) is 0 Å². The number of ketones is 1. The summed E-state index contributed by atoms with van der Waals surface area (Å²) in [5, 5.41) is 12.1. The first kappa shape index (κ1) is 19.6. The van der Waals surface area contributed by atoms with Gasteiger partial charge >= 0.3 is 0 Å². The van der Waals surface area contributed by atoms with Gasteiger partial charge in [0.25, 0.3) is 5.91 Å². The van der Waals surface area contributed by atoms with Crippen molar-refractivity contribution in [2.24, 2.45) is 0 Å². The van der Waals surface area contributed by atoms with Gasteiger partial charge in [-0.25, -0.2) is 0 Å². The van der Waals surface area contributed by atoms with Crippen LogP contribution in [0.4, 0.5) is 5.69 Å². The molecule has 1 heterocycles. The minimum absolute atomic E-state index is 0.203. The molecule has 1 atom stereocenters. The minimum Gasteiger partial charge on any atom is -0.375 e. The number of rotatable bonds is 5. The van der Waals surface area contributed by atoms with E-state index < -0.39 is 11.5 Å². The van der Waals surface area contributed by atoms with E-state index in [0.717, 1.165) is 5.56 Å². The lowest BCUT2D eigenvalue weighted by molar-refractivity contribution is -0.136. The normalized spacial score (nSPS) is 18.0. The highest BCUT2D eigenvalue weighted by molar-refractivity contribution is 6.42. The van der Waals surface area contributed by atoms with Gasteiger partial charge in [0.05, 0.1) is 28.7 Å². The number of amides is 1. The maximum Gasteiger partial charge on any atom is 0.264 e. The van der Waals surface area contributed by atoms with Gasteiger partial charge in [-0.2, -0.15) is 0 Å². The number of carbonyl (C=O) groups excluding carboxylic acids is 2. The highest BCUT2D eigenvalue weighted by atomic mass is 35.5. The quantitative estimate of drug-likeness (QED) is 0.585. The predicted molar refractivity (Wildman–Crippen MR) is 113 cm³/mol. The number of fused-ring (bicyclic) bond motifs is 1. The van der Waals surface area contributed by atoms with Gasteiger partial charge in [0, 0.05) is 11.1 Å². The van der Waals surface area contributed by atoms with Crippen molar-refractivity contribution >= 4 is 40.6 Å². The molecule has 146 valence electrons. The Balaban J connectivity index is 1.68. The molecule has 4 rings (SSSR count). The molecule has 0 saturated carbocycles. The lowest BCUT2D eigenvalue weighted by Gasteiger charge is -2.23. The molecular formula is C23H17Cl2NO3. The molecule has 6 heteroatoms. The van der Waals surface area contributed by atoms with Crippen LogP contribution in [0.5, 0.6) is 0 Å². The number of benzene rings is 3.